The molecule has 0 aliphatic carbocycles. The van der Waals surface area contributed by atoms with Gasteiger partial charge in [-0.2, -0.15) is 13.7 Å². The third kappa shape index (κ3) is 6.21. The molecule has 0 aliphatic heterocycles. The smallest absolute Gasteiger partial charge is 0.339 e. The van der Waals surface area contributed by atoms with E-state index in [1.54, 1.807) is 18.2 Å². The van der Waals surface area contributed by atoms with Crippen LogP contribution in [-0.2, 0) is 14.9 Å². The topological polar surface area (TPSA) is 149 Å². The van der Waals surface area contributed by atoms with Gasteiger partial charge < -0.3 is 14.2 Å². The Morgan fingerprint density at radius 1 is 1.09 bits per heavy atom. The van der Waals surface area contributed by atoms with Crippen molar-refractivity contribution in [1.82, 2.24) is 0 Å². The van der Waals surface area contributed by atoms with Gasteiger partial charge in [-0.05, 0) is 55.0 Å². The summed E-state index contributed by atoms with van der Waals surface area (Å²) < 4.78 is 35.2. The molecule has 35 heavy (non-hydrogen) atoms. The summed E-state index contributed by atoms with van der Waals surface area (Å²) in [7, 11) is -2.75. The highest BCUT2D eigenvalue weighted by Gasteiger charge is 2.20. The van der Waals surface area contributed by atoms with Crippen molar-refractivity contribution in [1.29, 1.82) is 5.26 Å². The number of aryl methyl sites for hydroxylation is 1. The standard InChI is InChI=1S/C24H19N3O7S/c1-16-6-9-21(10-7-16)35(31,32)34-20-5-3-4-17(13-20)12-18(15-25)24(28)26-22-11-8-19(33-2)14-23(22)27(29)30/h3-14H,1-2H3,(H,26,28)/b18-12+. The third-order valence-electron chi connectivity index (χ3n) is 4.70. The summed E-state index contributed by atoms with van der Waals surface area (Å²) in [4.78, 5) is 23.2. The van der Waals surface area contributed by atoms with E-state index < -0.39 is 26.6 Å². The lowest BCUT2D eigenvalue weighted by Gasteiger charge is -2.09. The van der Waals surface area contributed by atoms with Gasteiger partial charge >= 0.3 is 10.1 Å². The van der Waals surface area contributed by atoms with E-state index in [0.29, 0.717) is 5.56 Å². The maximum atomic E-state index is 12.6. The van der Waals surface area contributed by atoms with Crippen molar-refractivity contribution in [3.63, 3.8) is 0 Å². The number of rotatable bonds is 8. The van der Waals surface area contributed by atoms with Crippen LogP contribution in [0.1, 0.15) is 11.1 Å². The van der Waals surface area contributed by atoms with Crippen LogP contribution in [0.25, 0.3) is 6.08 Å². The normalized spacial score (nSPS) is 11.3. The van der Waals surface area contributed by atoms with Crippen LogP contribution in [0.5, 0.6) is 11.5 Å². The Hall–Kier alpha value is -4.69. The van der Waals surface area contributed by atoms with E-state index in [-0.39, 0.29) is 27.7 Å². The lowest BCUT2D eigenvalue weighted by molar-refractivity contribution is -0.384. The highest BCUT2D eigenvalue weighted by Crippen LogP contribution is 2.29. The van der Waals surface area contributed by atoms with Crippen molar-refractivity contribution in [2.45, 2.75) is 11.8 Å². The van der Waals surface area contributed by atoms with E-state index in [1.807, 2.05) is 6.92 Å². The zero-order valence-corrected chi connectivity index (χ0v) is 19.4. The zero-order valence-electron chi connectivity index (χ0n) is 18.6. The Bertz CT molecular complexity index is 1460. The summed E-state index contributed by atoms with van der Waals surface area (Å²) in [5.74, 6) is -0.690. The molecule has 0 fully saturated rings. The first-order chi connectivity index (χ1) is 16.6. The van der Waals surface area contributed by atoms with E-state index in [4.69, 9.17) is 8.92 Å². The number of hydrogen-bond acceptors (Lipinski definition) is 8. The molecular weight excluding hydrogens is 474 g/mol. The second kappa shape index (κ2) is 10.5. The number of nitrogens with zero attached hydrogens (tertiary/aromatic N) is 2. The van der Waals surface area contributed by atoms with Crippen molar-refractivity contribution in [3.8, 4) is 17.6 Å². The van der Waals surface area contributed by atoms with Gasteiger partial charge in [0.15, 0.2) is 0 Å². The number of carbonyl (C=O) groups excluding carboxylic acids is 1. The van der Waals surface area contributed by atoms with E-state index >= 15 is 0 Å². The first-order valence-corrected chi connectivity index (χ1v) is 11.4. The Labute approximate surface area is 201 Å². The molecule has 0 atom stereocenters. The molecule has 0 bridgehead atoms. The molecule has 0 saturated heterocycles. The first-order valence-electron chi connectivity index (χ1n) is 10.00. The molecule has 1 N–H and O–H groups in total. The number of nitrogens with one attached hydrogen (secondary N) is 1. The fourth-order valence-electron chi connectivity index (χ4n) is 2.94. The molecule has 3 aromatic carbocycles. The van der Waals surface area contributed by atoms with Gasteiger partial charge in [-0.15, -0.1) is 0 Å². The van der Waals surface area contributed by atoms with Crippen molar-refractivity contribution in [2.75, 3.05) is 12.4 Å². The molecule has 0 saturated carbocycles. The van der Waals surface area contributed by atoms with E-state index in [9.17, 15) is 28.6 Å². The van der Waals surface area contributed by atoms with Gasteiger partial charge in [0.05, 0.1) is 18.1 Å². The number of amides is 1. The number of anilines is 1. The summed E-state index contributed by atoms with van der Waals surface area (Å²) in [6.45, 7) is 1.82. The molecule has 0 radical (unpaired) electrons. The predicted molar refractivity (Wildman–Crippen MR) is 127 cm³/mol. The molecule has 3 rings (SSSR count). The average molecular weight is 493 g/mol. The number of nitro benzene ring substituents is 1. The second-order valence-corrected chi connectivity index (χ2v) is 8.73. The van der Waals surface area contributed by atoms with Crippen LogP contribution < -0.4 is 14.2 Å². The highest BCUT2D eigenvalue weighted by molar-refractivity contribution is 7.87. The van der Waals surface area contributed by atoms with Gasteiger partial charge in [0.25, 0.3) is 11.6 Å². The Balaban J connectivity index is 1.84. The molecule has 0 heterocycles. The monoisotopic (exact) mass is 493 g/mol. The molecular formula is C24H19N3O7S. The SMILES string of the molecule is COc1ccc(NC(=O)/C(C#N)=C/c2cccc(OS(=O)(=O)c3ccc(C)cc3)c2)c([N+](=O)[O-])c1. The quantitative estimate of drug-likeness (QED) is 0.161. The van der Waals surface area contributed by atoms with E-state index in [0.717, 1.165) is 11.6 Å². The van der Waals surface area contributed by atoms with Crippen LogP contribution >= 0.6 is 0 Å². The van der Waals surface area contributed by atoms with Crippen LogP contribution in [0.3, 0.4) is 0 Å². The number of hydrogen-bond donors (Lipinski definition) is 1. The highest BCUT2D eigenvalue weighted by atomic mass is 32.2. The lowest BCUT2D eigenvalue weighted by Crippen LogP contribution is -2.14. The zero-order chi connectivity index (χ0) is 25.6. The van der Waals surface area contributed by atoms with E-state index in [1.165, 1.54) is 61.7 Å². The number of benzene rings is 3. The summed E-state index contributed by atoms with van der Waals surface area (Å²) in [5.41, 5.74) is 0.291. The Morgan fingerprint density at radius 3 is 2.43 bits per heavy atom. The predicted octanol–water partition coefficient (Wildman–Crippen LogP) is 4.23. The summed E-state index contributed by atoms with van der Waals surface area (Å²) in [5, 5.41) is 23.1. The van der Waals surface area contributed by atoms with Gasteiger partial charge in [0.2, 0.25) is 0 Å². The largest absolute Gasteiger partial charge is 0.496 e. The molecule has 1 amide bonds. The van der Waals surface area contributed by atoms with Crippen LogP contribution in [0, 0.1) is 28.4 Å². The third-order valence-corrected chi connectivity index (χ3v) is 5.96. The Morgan fingerprint density at radius 2 is 1.80 bits per heavy atom. The van der Waals surface area contributed by atoms with Crippen molar-refractivity contribution in [3.05, 3.63) is 93.5 Å². The van der Waals surface area contributed by atoms with Crippen LogP contribution in [-0.4, -0.2) is 26.4 Å². The summed E-state index contributed by atoms with van der Waals surface area (Å²) >= 11 is 0. The van der Waals surface area contributed by atoms with Gasteiger partial charge in [-0.25, -0.2) is 0 Å². The Kier molecular flexibility index (Phi) is 7.48. The van der Waals surface area contributed by atoms with Gasteiger partial charge in [-0.1, -0.05) is 29.8 Å². The first kappa shape index (κ1) is 24.9. The minimum atomic E-state index is -4.10. The molecule has 0 unspecified atom stereocenters. The number of methoxy groups -OCH3 is 1. The van der Waals surface area contributed by atoms with E-state index in [2.05, 4.69) is 5.32 Å². The molecule has 178 valence electrons. The molecule has 0 aliphatic rings. The van der Waals surface area contributed by atoms with Crippen LogP contribution in [0.4, 0.5) is 11.4 Å². The number of nitro groups is 1. The van der Waals surface area contributed by atoms with Gasteiger partial charge in [0, 0.05) is 0 Å². The van der Waals surface area contributed by atoms with Crippen LogP contribution in [0.15, 0.2) is 77.2 Å². The van der Waals surface area contributed by atoms with Gasteiger partial charge in [-0.3, -0.25) is 14.9 Å². The maximum absolute atomic E-state index is 12.6. The summed E-state index contributed by atoms with van der Waals surface area (Å²) in [6.07, 6.45) is 1.20. The fraction of sp³-hybridized carbons (Fsp3) is 0.0833. The number of nitriles is 1. The molecule has 3 aromatic rings. The number of carbonyl (C=O) groups is 1. The molecule has 10 nitrogen and oxygen atoms in total. The average Bonchev–Trinajstić information content (AvgIpc) is 2.82. The summed E-state index contributed by atoms with van der Waals surface area (Å²) in [6, 6.07) is 17.5. The van der Waals surface area contributed by atoms with Crippen LogP contribution in [0.2, 0.25) is 0 Å². The molecule has 0 spiro atoms. The molecule has 0 aromatic heterocycles. The van der Waals surface area contributed by atoms with Crippen molar-refractivity contribution in [2.24, 2.45) is 0 Å². The van der Waals surface area contributed by atoms with Crippen molar-refractivity contribution < 1.29 is 27.1 Å². The minimum Gasteiger partial charge on any atom is -0.496 e. The number of ether oxygens (including phenoxy) is 1. The van der Waals surface area contributed by atoms with Gasteiger partial charge in [0.1, 0.15) is 33.7 Å². The fourth-order valence-corrected chi connectivity index (χ4v) is 3.86. The molecule has 11 heteroatoms. The van der Waals surface area contributed by atoms with Crippen molar-refractivity contribution >= 4 is 33.5 Å². The maximum Gasteiger partial charge on any atom is 0.339 e. The second-order valence-electron chi connectivity index (χ2n) is 7.19. The lowest BCUT2D eigenvalue weighted by atomic mass is 10.1. The minimum absolute atomic E-state index is 0.0252.